The van der Waals surface area contributed by atoms with Gasteiger partial charge in [0, 0.05) is 6.20 Å². The van der Waals surface area contributed by atoms with Crippen LogP contribution < -0.4 is 5.32 Å². The van der Waals surface area contributed by atoms with Crippen molar-refractivity contribution in [2.24, 2.45) is 23.7 Å². The van der Waals surface area contributed by atoms with Crippen molar-refractivity contribution in [3.63, 3.8) is 0 Å². The van der Waals surface area contributed by atoms with E-state index in [2.05, 4.69) is 24.5 Å². The van der Waals surface area contributed by atoms with Crippen LogP contribution in [0.2, 0.25) is 0 Å². The maximum Gasteiger partial charge on any atom is 0.0663 e. The number of hydrogen-bond acceptors (Lipinski definition) is 2. The van der Waals surface area contributed by atoms with E-state index in [-0.39, 0.29) is 5.54 Å². The molecule has 0 atom stereocenters. The van der Waals surface area contributed by atoms with Crippen molar-refractivity contribution >= 4 is 0 Å². The van der Waals surface area contributed by atoms with Gasteiger partial charge in [0.1, 0.15) is 0 Å². The van der Waals surface area contributed by atoms with E-state index in [0.29, 0.717) is 0 Å². The monoisotopic (exact) mass is 242 g/mol. The van der Waals surface area contributed by atoms with Gasteiger partial charge in [0.2, 0.25) is 0 Å². The summed E-state index contributed by atoms with van der Waals surface area (Å²) in [5.41, 5.74) is 1.47. The molecular weight excluding hydrogens is 220 g/mol. The summed E-state index contributed by atoms with van der Waals surface area (Å²) in [7, 11) is 2.15. The predicted octanol–water partition coefficient (Wildman–Crippen LogP) is 2.95. The fourth-order valence-corrected chi connectivity index (χ4v) is 5.49. The summed E-state index contributed by atoms with van der Waals surface area (Å²) in [6.07, 6.45) is 9.15. The molecule has 1 aromatic rings. The van der Waals surface area contributed by atoms with Crippen molar-refractivity contribution in [3.8, 4) is 0 Å². The first kappa shape index (κ1) is 11.0. The Hall–Kier alpha value is -0.890. The van der Waals surface area contributed by atoms with Crippen LogP contribution in [0.15, 0.2) is 24.4 Å². The Labute approximate surface area is 109 Å². The summed E-state index contributed by atoms with van der Waals surface area (Å²) in [5.74, 6) is 3.65. The molecule has 0 saturated heterocycles. The first-order valence-electron chi connectivity index (χ1n) is 7.43. The third kappa shape index (κ3) is 1.30. The van der Waals surface area contributed by atoms with Gasteiger partial charge in [-0.1, -0.05) is 6.07 Å². The first-order valence-corrected chi connectivity index (χ1v) is 7.43. The highest BCUT2D eigenvalue weighted by atomic mass is 15.0. The molecule has 2 heteroatoms. The molecule has 18 heavy (non-hydrogen) atoms. The molecule has 1 heterocycles. The van der Waals surface area contributed by atoms with Crippen molar-refractivity contribution in [1.29, 1.82) is 0 Å². The Morgan fingerprint density at radius 1 is 1.06 bits per heavy atom. The van der Waals surface area contributed by atoms with Crippen LogP contribution in [-0.2, 0) is 5.54 Å². The van der Waals surface area contributed by atoms with Gasteiger partial charge >= 0.3 is 0 Å². The van der Waals surface area contributed by atoms with E-state index in [0.717, 1.165) is 23.7 Å². The molecule has 4 bridgehead atoms. The molecule has 4 aliphatic rings. The maximum atomic E-state index is 4.71. The van der Waals surface area contributed by atoms with Crippen molar-refractivity contribution in [1.82, 2.24) is 10.3 Å². The van der Waals surface area contributed by atoms with Gasteiger partial charge < -0.3 is 5.32 Å². The minimum absolute atomic E-state index is 0.175. The topological polar surface area (TPSA) is 24.9 Å². The lowest BCUT2D eigenvalue weighted by molar-refractivity contribution is -0.0764. The Morgan fingerprint density at radius 2 is 1.72 bits per heavy atom. The normalized spacial score (nSPS) is 45.4. The molecule has 1 aromatic heterocycles. The zero-order valence-corrected chi connectivity index (χ0v) is 11.1. The molecule has 2 nitrogen and oxygen atoms in total. The lowest BCUT2D eigenvalue weighted by Gasteiger charge is -2.61. The van der Waals surface area contributed by atoms with Crippen molar-refractivity contribution in [2.75, 3.05) is 7.05 Å². The van der Waals surface area contributed by atoms with E-state index in [1.54, 1.807) is 0 Å². The molecule has 1 N–H and O–H groups in total. The summed E-state index contributed by atoms with van der Waals surface area (Å²) in [4.78, 5) is 4.71. The highest BCUT2D eigenvalue weighted by Gasteiger charge is 2.57. The summed E-state index contributed by atoms with van der Waals surface area (Å²) in [5, 5.41) is 3.71. The van der Waals surface area contributed by atoms with Crippen LogP contribution in [0.3, 0.4) is 0 Å². The van der Waals surface area contributed by atoms with Gasteiger partial charge in [0.15, 0.2) is 0 Å². The first-order chi connectivity index (χ1) is 8.83. The van der Waals surface area contributed by atoms with Gasteiger partial charge in [0.05, 0.1) is 11.2 Å². The molecule has 0 unspecified atom stereocenters. The van der Waals surface area contributed by atoms with E-state index in [1.165, 1.54) is 37.8 Å². The van der Waals surface area contributed by atoms with Gasteiger partial charge in [0.25, 0.3) is 0 Å². The maximum absolute atomic E-state index is 4.71. The minimum atomic E-state index is 0.175. The number of rotatable bonds is 2. The van der Waals surface area contributed by atoms with Gasteiger partial charge in [-0.3, -0.25) is 4.98 Å². The summed E-state index contributed by atoms with van der Waals surface area (Å²) < 4.78 is 0. The number of pyridine rings is 1. The minimum Gasteiger partial charge on any atom is -0.309 e. The molecule has 0 aromatic carbocycles. The molecule has 4 saturated carbocycles. The second-order valence-corrected chi connectivity index (χ2v) is 6.64. The van der Waals surface area contributed by atoms with Crippen LogP contribution in [0, 0.1) is 23.7 Å². The van der Waals surface area contributed by atoms with Gasteiger partial charge in [-0.05, 0) is 75.0 Å². The van der Waals surface area contributed by atoms with Crippen LogP contribution in [0.25, 0.3) is 0 Å². The fraction of sp³-hybridized carbons (Fsp3) is 0.688. The van der Waals surface area contributed by atoms with Gasteiger partial charge in [-0.25, -0.2) is 0 Å². The van der Waals surface area contributed by atoms with Crippen LogP contribution in [0.4, 0.5) is 0 Å². The number of hydrogen-bond donors (Lipinski definition) is 1. The second-order valence-electron chi connectivity index (χ2n) is 6.64. The standard InChI is InChI=1S/C16H22N2/c1-17-16(15-4-2-3-5-18-15)13-7-11-6-12(9-13)10-14(16)8-11/h2-5,11-14,17H,6-10H2,1H3. The summed E-state index contributed by atoms with van der Waals surface area (Å²) in [6.45, 7) is 0. The van der Waals surface area contributed by atoms with Crippen molar-refractivity contribution in [3.05, 3.63) is 30.1 Å². The lowest BCUT2D eigenvalue weighted by Crippen LogP contribution is -2.62. The van der Waals surface area contributed by atoms with Crippen molar-refractivity contribution in [2.45, 2.75) is 37.6 Å². The molecule has 5 rings (SSSR count). The largest absolute Gasteiger partial charge is 0.309 e. The molecule has 4 aliphatic carbocycles. The highest BCUT2D eigenvalue weighted by molar-refractivity contribution is 5.24. The molecule has 0 spiro atoms. The van der Waals surface area contributed by atoms with Crippen LogP contribution in [0.5, 0.6) is 0 Å². The van der Waals surface area contributed by atoms with Gasteiger partial charge in [-0.2, -0.15) is 0 Å². The number of nitrogens with one attached hydrogen (secondary N) is 1. The molecule has 4 fully saturated rings. The molecule has 0 amide bonds. The quantitative estimate of drug-likeness (QED) is 0.862. The molecule has 96 valence electrons. The second kappa shape index (κ2) is 3.80. The Kier molecular flexibility index (Phi) is 2.32. The van der Waals surface area contributed by atoms with E-state index in [1.807, 2.05) is 12.3 Å². The Morgan fingerprint density at radius 3 is 2.22 bits per heavy atom. The number of nitrogens with zero attached hydrogens (tertiary/aromatic N) is 1. The highest BCUT2D eigenvalue weighted by Crippen LogP contribution is 2.61. The average Bonchev–Trinajstić information content (AvgIpc) is 2.40. The van der Waals surface area contributed by atoms with Crippen LogP contribution in [0.1, 0.15) is 37.8 Å². The molecule has 0 aliphatic heterocycles. The number of aromatic nitrogens is 1. The van der Waals surface area contributed by atoms with E-state index in [4.69, 9.17) is 4.98 Å². The fourth-order valence-electron chi connectivity index (χ4n) is 5.49. The zero-order valence-electron chi connectivity index (χ0n) is 11.1. The summed E-state index contributed by atoms with van der Waals surface area (Å²) in [6, 6.07) is 6.41. The van der Waals surface area contributed by atoms with Gasteiger partial charge in [-0.15, -0.1) is 0 Å². The van der Waals surface area contributed by atoms with Crippen LogP contribution >= 0.6 is 0 Å². The van der Waals surface area contributed by atoms with E-state index >= 15 is 0 Å². The predicted molar refractivity (Wildman–Crippen MR) is 72.0 cm³/mol. The lowest BCUT2D eigenvalue weighted by atomic mass is 9.48. The SMILES string of the molecule is CNC1(c2ccccn2)C2CC3CC(C2)CC1C3. The third-order valence-electron chi connectivity index (χ3n) is 5.93. The van der Waals surface area contributed by atoms with E-state index in [9.17, 15) is 0 Å². The zero-order chi connectivity index (χ0) is 12.2. The van der Waals surface area contributed by atoms with Crippen molar-refractivity contribution < 1.29 is 0 Å². The Balaban J connectivity index is 1.81. The van der Waals surface area contributed by atoms with E-state index < -0.39 is 0 Å². The smallest absolute Gasteiger partial charge is 0.0663 e. The average molecular weight is 242 g/mol. The van der Waals surface area contributed by atoms with Crippen LogP contribution in [-0.4, -0.2) is 12.0 Å². The third-order valence-corrected chi connectivity index (χ3v) is 5.93. The molecule has 0 radical (unpaired) electrons. The molecular formula is C16H22N2. The summed E-state index contributed by atoms with van der Waals surface area (Å²) >= 11 is 0. The Bertz CT molecular complexity index is 412.